The third-order valence-corrected chi connectivity index (χ3v) is 8.31. The Bertz CT molecular complexity index is 1220. The second-order valence-corrected chi connectivity index (χ2v) is 21.1. The molecule has 0 N–H and O–H groups in total. The molecule has 35 heavy (non-hydrogen) atoms. The molecule has 0 fully saturated rings. The molecule has 0 aromatic heterocycles. The fourth-order valence-electron chi connectivity index (χ4n) is 3.39. The Kier molecular flexibility index (Phi) is 8.73. The summed E-state index contributed by atoms with van der Waals surface area (Å²) >= 11 is 0. The van der Waals surface area contributed by atoms with E-state index in [1.54, 1.807) is 31.2 Å². The molecule has 0 atom stereocenters. The Morgan fingerprint density at radius 3 is 1.71 bits per heavy atom. The fourth-order valence-corrected chi connectivity index (χ4v) is 6.73. The normalized spacial score (nSPS) is 12.5. The first-order chi connectivity index (χ1) is 16.0. The van der Waals surface area contributed by atoms with Crippen LogP contribution in [0.5, 0.6) is 23.0 Å². The first kappa shape index (κ1) is 28.7. The van der Waals surface area contributed by atoms with Crippen molar-refractivity contribution < 1.29 is 26.7 Å². The van der Waals surface area contributed by atoms with Crippen molar-refractivity contribution in [2.45, 2.75) is 62.9 Å². The van der Waals surface area contributed by atoms with Gasteiger partial charge in [0.2, 0.25) is 38.0 Å². The summed E-state index contributed by atoms with van der Waals surface area (Å²) in [5.41, 5.74) is 2.22. The molecule has 2 aromatic rings. The summed E-state index contributed by atoms with van der Waals surface area (Å²) in [5.74, 6) is 1.08. The first-order valence-electron chi connectivity index (χ1n) is 11.4. The number of methoxy groups -OCH3 is 2. The van der Waals surface area contributed by atoms with E-state index in [-0.39, 0.29) is 21.3 Å². The van der Waals surface area contributed by atoms with Gasteiger partial charge in [-0.25, -0.2) is 8.42 Å². The van der Waals surface area contributed by atoms with E-state index in [1.165, 1.54) is 14.2 Å². The van der Waals surface area contributed by atoms with Crippen LogP contribution in [-0.4, -0.2) is 39.3 Å². The number of hydrogen-bond acceptors (Lipinski definition) is 6. The average Bonchev–Trinajstić information content (AvgIpc) is 2.72. The highest BCUT2D eigenvalue weighted by Crippen LogP contribution is 2.53. The van der Waals surface area contributed by atoms with Gasteiger partial charge in [-0.15, -0.1) is 0 Å². The standard InChI is InChI=1S/C26H38O6SSi2/c1-18(2)12-13-20-14-16-21(17-15-20)33(27,28)26-19(3)22(31-34(6,7)8)23(29-4)24(30-5)25(26)32-35(9,10)11/h12-17H,1H2,2-11H3. The van der Waals surface area contributed by atoms with Crippen LogP contribution < -0.4 is 18.3 Å². The molecule has 0 saturated heterocycles. The Morgan fingerprint density at radius 1 is 0.829 bits per heavy atom. The van der Waals surface area contributed by atoms with Crippen LogP contribution >= 0.6 is 0 Å². The molecule has 0 aliphatic heterocycles. The van der Waals surface area contributed by atoms with E-state index in [1.807, 2.05) is 58.4 Å². The molecule has 0 amide bonds. The van der Waals surface area contributed by atoms with Crippen LogP contribution in [0.25, 0.3) is 6.08 Å². The lowest BCUT2D eigenvalue weighted by Gasteiger charge is -2.29. The minimum Gasteiger partial charge on any atom is -0.542 e. The van der Waals surface area contributed by atoms with Crippen LogP contribution in [0.2, 0.25) is 39.3 Å². The summed E-state index contributed by atoms with van der Waals surface area (Å²) in [7, 11) is -5.42. The third-order valence-electron chi connectivity index (χ3n) is 4.75. The highest BCUT2D eigenvalue weighted by molar-refractivity contribution is 7.91. The highest BCUT2D eigenvalue weighted by Gasteiger charge is 2.37. The monoisotopic (exact) mass is 534 g/mol. The van der Waals surface area contributed by atoms with Crippen molar-refractivity contribution in [1.29, 1.82) is 0 Å². The number of benzene rings is 2. The van der Waals surface area contributed by atoms with Gasteiger partial charge in [0.1, 0.15) is 4.90 Å². The molecule has 0 bridgehead atoms. The molecule has 2 rings (SSSR count). The van der Waals surface area contributed by atoms with E-state index in [0.29, 0.717) is 17.1 Å². The second-order valence-electron chi connectivity index (χ2n) is 10.4. The minimum absolute atomic E-state index is 0.0380. The van der Waals surface area contributed by atoms with Crippen molar-refractivity contribution in [2.24, 2.45) is 0 Å². The number of rotatable bonds is 10. The van der Waals surface area contributed by atoms with Crippen LogP contribution in [0.15, 0.2) is 52.3 Å². The van der Waals surface area contributed by atoms with Crippen LogP contribution in [0.1, 0.15) is 18.1 Å². The lowest BCUT2D eigenvalue weighted by atomic mass is 10.1. The summed E-state index contributed by atoms with van der Waals surface area (Å²) in [6.07, 6.45) is 3.77. The van der Waals surface area contributed by atoms with E-state index in [4.69, 9.17) is 18.3 Å². The molecule has 0 heterocycles. The summed E-state index contributed by atoms with van der Waals surface area (Å²) in [6.45, 7) is 19.5. The molecule has 0 radical (unpaired) electrons. The van der Waals surface area contributed by atoms with E-state index < -0.39 is 26.5 Å². The van der Waals surface area contributed by atoms with Crippen LogP contribution in [-0.2, 0) is 9.84 Å². The maximum absolute atomic E-state index is 14.1. The van der Waals surface area contributed by atoms with Gasteiger partial charge < -0.3 is 18.3 Å². The van der Waals surface area contributed by atoms with Crippen LogP contribution in [0, 0.1) is 6.92 Å². The molecule has 0 aliphatic rings. The summed E-state index contributed by atoms with van der Waals surface area (Å²) < 4.78 is 52.2. The summed E-state index contributed by atoms with van der Waals surface area (Å²) in [4.78, 5) is 0.190. The third kappa shape index (κ3) is 7.02. The molecular weight excluding hydrogens is 497 g/mol. The summed E-state index contributed by atoms with van der Waals surface area (Å²) in [6, 6.07) is 6.73. The van der Waals surface area contributed by atoms with E-state index in [0.717, 1.165) is 11.1 Å². The van der Waals surface area contributed by atoms with Gasteiger partial charge in [-0.1, -0.05) is 36.4 Å². The molecule has 6 nitrogen and oxygen atoms in total. The zero-order valence-corrected chi connectivity index (χ0v) is 25.3. The highest BCUT2D eigenvalue weighted by atomic mass is 32.2. The number of allylic oxidation sites excluding steroid dienone is 2. The van der Waals surface area contributed by atoms with Crippen LogP contribution in [0.4, 0.5) is 0 Å². The number of sulfone groups is 1. The average molecular weight is 535 g/mol. The van der Waals surface area contributed by atoms with Crippen LogP contribution in [0.3, 0.4) is 0 Å². The number of hydrogen-bond donors (Lipinski definition) is 0. The van der Waals surface area contributed by atoms with Gasteiger partial charge in [-0.3, -0.25) is 0 Å². The molecule has 0 spiro atoms. The Labute approximate surface area is 212 Å². The molecule has 9 heteroatoms. The van der Waals surface area contributed by atoms with Gasteiger partial charge in [-0.05, 0) is 70.8 Å². The molecule has 192 valence electrons. The predicted molar refractivity (Wildman–Crippen MR) is 148 cm³/mol. The molecule has 2 aromatic carbocycles. The van der Waals surface area contributed by atoms with Gasteiger partial charge >= 0.3 is 0 Å². The molecular formula is C26H38O6SSi2. The van der Waals surface area contributed by atoms with Crippen molar-refractivity contribution in [3.8, 4) is 23.0 Å². The SMILES string of the molecule is C=C(C)C=Cc1ccc(S(=O)(=O)c2c(C)c(O[Si](C)(C)C)c(OC)c(OC)c2O[Si](C)(C)C)cc1. The van der Waals surface area contributed by atoms with E-state index >= 15 is 0 Å². The topological polar surface area (TPSA) is 71.1 Å². The van der Waals surface area contributed by atoms with Gasteiger partial charge in [0.05, 0.1) is 19.1 Å². The lowest BCUT2D eigenvalue weighted by molar-refractivity contribution is 0.327. The molecule has 0 saturated carbocycles. The maximum atomic E-state index is 14.1. The number of ether oxygens (including phenoxy) is 2. The quantitative estimate of drug-likeness (QED) is 0.245. The largest absolute Gasteiger partial charge is 0.542 e. The van der Waals surface area contributed by atoms with Crippen molar-refractivity contribution in [3.05, 3.63) is 53.6 Å². The van der Waals surface area contributed by atoms with Crippen molar-refractivity contribution in [1.82, 2.24) is 0 Å². The van der Waals surface area contributed by atoms with Crippen molar-refractivity contribution in [3.63, 3.8) is 0 Å². The fraction of sp³-hybridized carbons (Fsp3) is 0.385. The van der Waals surface area contributed by atoms with Crippen molar-refractivity contribution in [2.75, 3.05) is 14.2 Å². The van der Waals surface area contributed by atoms with Gasteiger partial charge in [0.25, 0.3) is 0 Å². The Morgan fingerprint density at radius 2 is 1.29 bits per heavy atom. The van der Waals surface area contributed by atoms with E-state index in [2.05, 4.69) is 6.58 Å². The van der Waals surface area contributed by atoms with Crippen molar-refractivity contribution >= 4 is 32.5 Å². The van der Waals surface area contributed by atoms with E-state index in [9.17, 15) is 8.42 Å². The Hall–Kier alpha value is -2.50. The molecule has 0 unspecified atom stereocenters. The lowest BCUT2D eigenvalue weighted by Crippen LogP contribution is -2.32. The van der Waals surface area contributed by atoms with Gasteiger partial charge in [0.15, 0.2) is 11.5 Å². The maximum Gasteiger partial charge on any atom is 0.242 e. The second kappa shape index (κ2) is 10.6. The zero-order chi connectivity index (χ0) is 26.8. The Balaban J connectivity index is 2.90. The van der Waals surface area contributed by atoms with Gasteiger partial charge in [-0.2, -0.15) is 0 Å². The van der Waals surface area contributed by atoms with Gasteiger partial charge in [0, 0.05) is 5.56 Å². The predicted octanol–water partition coefficient (Wildman–Crippen LogP) is 6.86. The first-order valence-corrected chi connectivity index (χ1v) is 19.7. The smallest absolute Gasteiger partial charge is 0.242 e. The zero-order valence-electron chi connectivity index (χ0n) is 22.5. The summed E-state index contributed by atoms with van der Waals surface area (Å²) in [5, 5.41) is 0. The molecule has 0 aliphatic carbocycles. The minimum atomic E-state index is -4.00.